The van der Waals surface area contributed by atoms with Crippen LogP contribution in [0, 0.1) is 5.92 Å². The quantitative estimate of drug-likeness (QED) is 0.886. The monoisotopic (exact) mass is 273 g/mol. The molecule has 1 aromatic rings. The van der Waals surface area contributed by atoms with Crippen LogP contribution in [0.3, 0.4) is 0 Å². The van der Waals surface area contributed by atoms with Crippen molar-refractivity contribution in [1.29, 1.82) is 0 Å². The second-order valence-corrected chi connectivity index (χ2v) is 5.00. The molecule has 2 N–H and O–H groups in total. The maximum atomic E-state index is 11.8. The topological polar surface area (TPSA) is 49.3 Å². The number of hydrogen-bond donors (Lipinski definition) is 2. The van der Waals surface area contributed by atoms with Gasteiger partial charge in [0.1, 0.15) is 0 Å². The van der Waals surface area contributed by atoms with Crippen LogP contribution in [0.5, 0.6) is 0 Å². The molecule has 2 rings (SSSR count). The van der Waals surface area contributed by atoms with Crippen LogP contribution in [0.2, 0.25) is 10.0 Å². The third kappa shape index (κ3) is 3.12. The minimum absolute atomic E-state index is 0.243. The Labute approximate surface area is 110 Å². The average molecular weight is 274 g/mol. The molecule has 92 valence electrons. The molecule has 1 aliphatic carbocycles. The van der Waals surface area contributed by atoms with Gasteiger partial charge in [0.2, 0.25) is 0 Å². The predicted octanol–water partition coefficient (Wildman–Crippen LogP) is 2.49. The van der Waals surface area contributed by atoms with E-state index >= 15 is 0 Å². The highest BCUT2D eigenvalue weighted by molar-refractivity contribution is 6.43. The Morgan fingerprint density at radius 2 is 2.18 bits per heavy atom. The number of benzene rings is 1. The minimum Gasteiger partial charge on any atom is -0.391 e. The van der Waals surface area contributed by atoms with Crippen molar-refractivity contribution in [3.63, 3.8) is 0 Å². The van der Waals surface area contributed by atoms with Crippen LogP contribution in [-0.2, 0) is 0 Å². The van der Waals surface area contributed by atoms with E-state index in [1.165, 1.54) is 0 Å². The maximum Gasteiger partial charge on any atom is 0.252 e. The number of aliphatic hydroxyl groups excluding tert-OH is 1. The van der Waals surface area contributed by atoms with E-state index in [-0.39, 0.29) is 17.5 Å². The van der Waals surface area contributed by atoms with E-state index in [0.717, 1.165) is 12.8 Å². The second-order valence-electron chi connectivity index (χ2n) is 4.22. The van der Waals surface area contributed by atoms with Crippen LogP contribution in [0.1, 0.15) is 23.2 Å². The van der Waals surface area contributed by atoms with Crippen molar-refractivity contribution in [2.75, 3.05) is 6.54 Å². The summed E-state index contributed by atoms with van der Waals surface area (Å²) in [5, 5.41) is 12.9. The minimum atomic E-state index is -0.461. The van der Waals surface area contributed by atoms with Crippen LogP contribution in [0.15, 0.2) is 18.2 Å². The largest absolute Gasteiger partial charge is 0.391 e. The van der Waals surface area contributed by atoms with Gasteiger partial charge in [0.25, 0.3) is 5.91 Å². The molecule has 1 aromatic carbocycles. The molecule has 1 amide bonds. The number of rotatable bonds is 4. The van der Waals surface area contributed by atoms with E-state index in [0.29, 0.717) is 16.5 Å². The third-order valence-corrected chi connectivity index (χ3v) is 3.65. The Bertz CT molecular complexity index is 433. The number of carbonyl (C=O) groups excluding carboxylic acids is 1. The Hall–Kier alpha value is -0.770. The van der Waals surface area contributed by atoms with Gasteiger partial charge in [-0.15, -0.1) is 0 Å². The van der Waals surface area contributed by atoms with Gasteiger partial charge in [-0.3, -0.25) is 4.79 Å². The smallest absolute Gasteiger partial charge is 0.252 e. The van der Waals surface area contributed by atoms with Crippen LogP contribution in [0.25, 0.3) is 0 Å². The van der Waals surface area contributed by atoms with Gasteiger partial charge in [0, 0.05) is 6.54 Å². The zero-order chi connectivity index (χ0) is 12.4. The van der Waals surface area contributed by atoms with Crippen molar-refractivity contribution in [3.8, 4) is 0 Å². The first-order valence-corrected chi connectivity index (χ1v) is 6.25. The highest BCUT2D eigenvalue weighted by atomic mass is 35.5. The molecule has 1 aliphatic rings. The van der Waals surface area contributed by atoms with Gasteiger partial charge in [-0.25, -0.2) is 0 Å². The fourth-order valence-corrected chi connectivity index (χ4v) is 2.01. The third-order valence-electron chi connectivity index (χ3n) is 2.83. The average Bonchev–Trinajstić information content (AvgIpc) is 3.13. The Kier molecular flexibility index (Phi) is 3.92. The first kappa shape index (κ1) is 12.7. The van der Waals surface area contributed by atoms with E-state index in [9.17, 15) is 9.90 Å². The van der Waals surface area contributed by atoms with Gasteiger partial charge in [-0.05, 0) is 30.9 Å². The van der Waals surface area contributed by atoms with Crippen molar-refractivity contribution in [1.82, 2.24) is 5.32 Å². The van der Waals surface area contributed by atoms with Crippen molar-refractivity contribution in [3.05, 3.63) is 33.8 Å². The summed E-state index contributed by atoms with van der Waals surface area (Å²) in [6.45, 7) is 0.256. The summed E-state index contributed by atoms with van der Waals surface area (Å²) in [5.41, 5.74) is 0.335. The molecule has 0 spiro atoms. The van der Waals surface area contributed by atoms with Gasteiger partial charge < -0.3 is 10.4 Å². The van der Waals surface area contributed by atoms with Crippen LogP contribution in [0.4, 0.5) is 0 Å². The lowest BCUT2D eigenvalue weighted by atomic mass is 10.2. The summed E-state index contributed by atoms with van der Waals surface area (Å²) < 4.78 is 0. The van der Waals surface area contributed by atoms with E-state index in [1.807, 2.05) is 0 Å². The molecule has 0 aromatic heterocycles. The van der Waals surface area contributed by atoms with Crippen molar-refractivity contribution >= 4 is 29.1 Å². The van der Waals surface area contributed by atoms with E-state index in [4.69, 9.17) is 23.2 Å². The molecule has 0 aliphatic heterocycles. The van der Waals surface area contributed by atoms with E-state index < -0.39 is 6.10 Å². The molecule has 0 saturated heterocycles. The van der Waals surface area contributed by atoms with Gasteiger partial charge in [-0.2, -0.15) is 0 Å². The Balaban J connectivity index is 1.96. The summed E-state index contributed by atoms with van der Waals surface area (Å²) in [7, 11) is 0. The molecule has 1 atom stereocenters. The maximum absolute atomic E-state index is 11.8. The second kappa shape index (κ2) is 5.25. The lowest BCUT2D eigenvalue weighted by molar-refractivity contribution is 0.0901. The summed E-state index contributed by atoms with van der Waals surface area (Å²) in [6, 6.07) is 4.90. The lowest BCUT2D eigenvalue weighted by Crippen LogP contribution is -2.33. The number of hydrogen-bond acceptors (Lipinski definition) is 2. The Morgan fingerprint density at radius 1 is 1.47 bits per heavy atom. The van der Waals surface area contributed by atoms with Crippen molar-refractivity contribution < 1.29 is 9.90 Å². The number of halogens is 2. The lowest BCUT2D eigenvalue weighted by Gasteiger charge is -2.11. The summed E-state index contributed by atoms with van der Waals surface area (Å²) >= 11 is 11.7. The number of carbonyl (C=O) groups is 1. The van der Waals surface area contributed by atoms with E-state index in [1.54, 1.807) is 18.2 Å². The molecule has 5 heteroatoms. The van der Waals surface area contributed by atoms with Crippen molar-refractivity contribution in [2.45, 2.75) is 18.9 Å². The molecule has 0 heterocycles. The normalized spacial score (nSPS) is 16.6. The molecule has 1 fully saturated rings. The molecule has 0 bridgehead atoms. The summed E-state index contributed by atoms with van der Waals surface area (Å²) in [4.78, 5) is 11.8. The predicted molar refractivity (Wildman–Crippen MR) is 67.5 cm³/mol. The van der Waals surface area contributed by atoms with Gasteiger partial charge in [0.05, 0.1) is 21.7 Å². The standard InChI is InChI=1S/C12H13Cl2NO2/c13-9-3-1-2-8(11(9)14)12(17)15-6-10(16)7-4-5-7/h1-3,7,10,16H,4-6H2,(H,15,17). The van der Waals surface area contributed by atoms with E-state index in [2.05, 4.69) is 5.32 Å². The van der Waals surface area contributed by atoms with Gasteiger partial charge >= 0.3 is 0 Å². The zero-order valence-corrected chi connectivity index (χ0v) is 10.6. The van der Waals surface area contributed by atoms with Crippen LogP contribution in [-0.4, -0.2) is 23.7 Å². The highest BCUT2D eigenvalue weighted by Gasteiger charge is 2.29. The van der Waals surface area contributed by atoms with Gasteiger partial charge in [0.15, 0.2) is 0 Å². The summed E-state index contributed by atoms with van der Waals surface area (Å²) in [6.07, 6.45) is 1.61. The molecule has 3 nitrogen and oxygen atoms in total. The fourth-order valence-electron chi connectivity index (χ4n) is 1.62. The first-order chi connectivity index (χ1) is 8.09. The number of aliphatic hydroxyl groups is 1. The fraction of sp³-hybridized carbons (Fsp3) is 0.417. The number of nitrogens with one attached hydrogen (secondary N) is 1. The molecule has 1 saturated carbocycles. The van der Waals surface area contributed by atoms with Crippen LogP contribution < -0.4 is 5.32 Å². The number of amides is 1. The highest BCUT2D eigenvalue weighted by Crippen LogP contribution is 2.32. The first-order valence-electron chi connectivity index (χ1n) is 5.50. The Morgan fingerprint density at radius 3 is 2.82 bits per heavy atom. The molecule has 17 heavy (non-hydrogen) atoms. The molecular formula is C12H13Cl2NO2. The molecule has 1 unspecified atom stereocenters. The van der Waals surface area contributed by atoms with Gasteiger partial charge in [-0.1, -0.05) is 29.3 Å². The SMILES string of the molecule is O=C(NCC(O)C1CC1)c1cccc(Cl)c1Cl. The molecular weight excluding hydrogens is 261 g/mol. The zero-order valence-electron chi connectivity index (χ0n) is 9.12. The summed E-state index contributed by atoms with van der Waals surface area (Å²) in [5.74, 6) is 0.0299. The molecule has 0 radical (unpaired) electrons. The van der Waals surface area contributed by atoms with Crippen LogP contribution >= 0.6 is 23.2 Å². The van der Waals surface area contributed by atoms with Crippen molar-refractivity contribution in [2.24, 2.45) is 5.92 Å².